The fourth-order valence-electron chi connectivity index (χ4n) is 1.81. The molecular formula is C14H22F2N2. The van der Waals surface area contributed by atoms with E-state index in [0.29, 0.717) is 17.3 Å². The first-order valence-corrected chi connectivity index (χ1v) is 6.34. The van der Waals surface area contributed by atoms with Gasteiger partial charge in [0.15, 0.2) is 0 Å². The predicted octanol–water partition coefficient (Wildman–Crippen LogP) is 4.44. The van der Waals surface area contributed by atoms with Gasteiger partial charge in [-0.3, -0.25) is 0 Å². The van der Waals surface area contributed by atoms with Gasteiger partial charge in [-0.15, -0.1) is 0 Å². The Balaban J connectivity index is 2.71. The largest absolute Gasteiger partial charge is 0.399 e. The highest BCUT2D eigenvalue weighted by atomic mass is 19.3. The number of rotatable bonds is 6. The number of hydrogen-bond acceptors (Lipinski definition) is 2. The van der Waals surface area contributed by atoms with E-state index in [1.54, 1.807) is 12.1 Å². The number of nitrogens with two attached hydrogens (primary N) is 1. The van der Waals surface area contributed by atoms with Crippen LogP contribution in [0.25, 0.3) is 0 Å². The summed E-state index contributed by atoms with van der Waals surface area (Å²) in [7, 11) is 0. The van der Waals surface area contributed by atoms with Crippen LogP contribution in [0.2, 0.25) is 0 Å². The first kappa shape index (κ1) is 14.7. The van der Waals surface area contributed by atoms with Crippen LogP contribution in [0.3, 0.4) is 0 Å². The Morgan fingerprint density at radius 3 is 2.39 bits per heavy atom. The lowest BCUT2D eigenvalue weighted by Gasteiger charge is -2.19. The molecule has 0 saturated carbocycles. The molecule has 0 saturated heterocycles. The summed E-state index contributed by atoms with van der Waals surface area (Å²) in [6.45, 7) is 6.31. The molecule has 18 heavy (non-hydrogen) atoms. The van der Waals surface area contributed by atoms with Crippen molar-refractivity contribution < 1.29 is 8.78 Å². The molecule has 0 aromatic heterocycles. The normalized spacial score (nSPS) is 13.1. The zero-order valence-electron chi connectivity index (χ0n) is 11.2. The van der Waals surface area contributed by atoms with Crippen LogP contribution < -0.4 is 11.1 Å². The van der Waals surface area contributed by atoms with Crippen LogP contribution in [-0.4, -0.2) is 6.04 Å². The van der Waals surface area contributed by atoms with Crippen LogP contribution in [0.4, 0.5) is 20.2 Å². The highest BCUT2D eigenvalue weighted by Gasteiger charge is 2.14. The third-order valence-corrected chi connectivity index (χ3v) is 2.89. The Kier molecular flexibility index (Phi) is 5.38. The molecule has 2 nitrogen and oxygen atoms in total. The first-order chi connectivity index (χ1) is 8.40. The fraction of sp³-hybridized carbons (Fsp3) is 0.571. The van der Waals surface area contributed by atoms with E-state index in [9.17, 15) is 8.78 Å². The maximum Gasteiger partial charge on any atom is 0.265 e. The average molecular weight is 256 g/mol. The zero-order valence-corrected chi connectivity index (χ0v) is 11.2. The average Bonchev–Trinajstić information content (AvgIpc) is 2.28. The molecule has 0 fully saturated rings. The van der Waals surface area contributed by atoms with E-state index < -0.39 is 6.43 Å². The number of anilines is 2. The van der Waals surface area contributed by atoms with Gasteiger partial charge in [0, 0.05) is 23.0 Å². The van der Waals surface area contributed by atoms with Crippen LogP contribution in [0.1, 0.15) is 45.6 Å². The van der Waals surface area contributed by atoms with Gasteiger partial charge >= 0.3 is 0 Å². The van der Waals surface area contributed by atoms with Crippen LogP contribution >= 0.6 is 0 Å². The Labute approximate surface area is 108 Å². The third-order valence-electron chi connectivity index (χ3n) is 2.89. The second-order valence-corrected chi connectivity index (χ2v) is 5.16. The summed E-state index contributed by atoms with van der Waals surface area (Å²) in [4.78, 5) is 0. The van der Waals surface area contributed by atoms with Gasteiger partial charge in [0.25, 0.3) is 6.43 Å². The van der Waals surface area contributed by atoms with Crippen molar-refractivity contribution in [2.24, 2.45) is 5.92 Å². The van der Waals surface area contributed by atoms with Crippen molar-refractivity contribution in [2.75, 3.05) is 11.1 Å². The quantitative estimate of drug-likeness (QED) is 0.738. The standard InChI is InChI=1S/C14H22F2N2/c1-9(2)4-5-10(3)18-13-7-6-11(17)8-12(13)14(15)16/h6-10,14,18H,4-5,17H2,1-3H3. The smallest absolute Gasteiger partial charge is 0.265 e. The molecule has 1 unspecified atom stereocenters. The molecule has 4 heteroatoms. The van der Waals surface area contributed by atoms with Gasteiger partial charge in [0.05, 0.1) is 0 Å². The van der Waals surface area contributed by atoms with E-state index in [1.165, 1.54) is 6.07 Å². The Hall–Kier alpha value is -1.32. The van der Waals surface area contributed by atoms with Gasteiger partial charge in [-0.1, -0.05) is 13.8 Å². The summed E-state index contributed by atoms with van der Waals surface area (Å²) in [6, 6.07) is 4.78. The zero-order chi connectivity index (χ0) is 13.7. The maximum atomic E-state index is 12.9. The van der Waals surface area contributed by atoms with E-state index in [0.717, 1.165) is 12.8 Å². The molecule has 0 aliphatic rings. The topological polar surface area (TPSA) is 38.0 Å². The molecule has 0 heterocycles. The van der Waals surface area contributed by atoms with Crippen LogP contribution in [0.5, 0.6) is 0 Å². The highest BCUT2D eigenvalue weighted by Crippen LogP contribution is 2.29. The first-order valence-electron chi connectivity index (χ1n) is 6.34. The SMILES string of the molecule is CC(C)CCC(C)Nc1ccc(N)cc1C(F)F. The number of hydrogen-bond donors (Lipinski definition) is 2. The van der Waals surface area contributed by atoms with Crippen LogP contribution in [0, 0.1) is 5.92 Å². The van der Waals surface area contributed by atoms with E-state index in [-0.39, 0.29) is 11.6 Å². The van der Waals surface area contributed by atoms with Crippen molar-refractivity contribution in [3.05, 3.63) is 23.8 Å². The third kappa shape index (κ3) is 4.51. The lowest BCUT2D eigenvalue weighted by molar-refractivity contribution is 0.152. The minimum Gasteiger partial charge on any atom is -0.399 e. The number of nitrogens with one attached hydrogen (secondary N) is 1. The van der Waals surface area contributed by atoms with Gasteiger partial charge in [0.1, 0.15) is 0 Å². The van der Waals surface area contributed by atoms with E-state index in [1.807, 2.05) is 6.92 Å². The molecule has 0 aliphatic carbocycles. The molecular weight excluding hydrogens is 234 g/mol. The van der Waals surface area contributed by atoms with Crippen molar-refractivity contribution in [1.82, 2.24) is 0 Å². The summed E-state index contributed by atoms with van der Waals surface area (Å²) in [6.07, 6.45) is -0.467. The summed E-state index contributed by atoms with van der Waals surface area (Å²) in [5, 5.41) is 3.14. The van der Waals surface area contributed by atoms with Gasteiger partial charge in [-0.25, -0.2) is 8.78 Å². The molecule has 3 N–H and O–H groups in total. The molecule has 0 amide bonds. The summed E-state index contributed by atoms with van der Waals surface area (Å²) >= 11 is 0. The number of halogens is 2. The molecule has 1 aromatic carbocycles. The summed E-state index contributed by atoms with van der Waals surface area (Å²) in [5.74, 6) is 0.621. The van der Waals surface area contributed by atoms with E-state index in [2.05, 4.69) is 19.2 Å². The molecule has 1 aromatic rings. The summed E-state index contributed by atoms with van der Waals surface area (Å²) < 4.78 is 25.8. The lowest BCUT2D eigenvalue weighted by atomic mass is 10.0. The monoisotopic (exact) mass is 256 g/mol. The highest BCUT2D eigenvalue weighted by molar-refractivity contribution is 5.59. The summed E-state index contributed by atoms with van der Waals surface area (Å²) in [5.41, 5.74) is 6.36. The van der Waals surface area contributed by atoms with Crippen LogP contribution in [0.15, 0.2) is 18.2 Å². The molecule has 0 aliphatic heterocycles. The minimum absolute atomic E-state index is 0.0219. The van der Waals surface area contributed by atoms with E-state index >= 15 is 0 Å². The number of benzene rings is 1. The molecule has 1 atom stereocenters. The van der Waals surface area contributed by atoms with Crippen molar-refractivity contribution >= 4 is 11.4 Å². The molecule has 1 rings (SSSR count). The van der Waals surface area contributed by atoms with Crippen molar-refractivity contribution in [2.45, 2.75) is 46.1 Å². The van der Waals surface area contributed by atoms with Crippen LogP contribution in [-0.2, 0) is 0 Å². The van der Waals surface area contributed by atoms with Crippen molar-refractivity contribution in [3.8, 4) is 0 Å². The fourth-order valence-corrected chi connectivity index (χ4v) is 1.81. The van der Waals surface area contributed by atoms with Gasteiger partial charge in [0.2, 0.25) is 0 Å². The second-order valence-electron chi connectivity index (χ2n) is 5.16. The predicted molar refractivity (Wildman–Crippen MR) is 73.0 cm³/mol. The maximum absolute atomic E-state index is 12.9. The van der Waals surface area contributed by atoms with Crippen molar-refractivity contribution in [3.63, 3.8) is 0 Å². The molecule has 0 bridgehead atoms. The Bertz CT molecular complexity index is 378. The number of nitrogen functional groups attached to an aromatic ring is 1. The molecule has 102 valence electrons. The Morgan fingerprint density at radius 1 is 1.17 bits per heavy atom. The minimum atomic E-state index is -2.51. The van der Waals surface area contributed by atoms with Gasteiger partial charge in [-0.2, -0.15) is 0 Å². The van der Waals surface area contributed by atoms with Crippen molar-refractivity contribution in [1.29, 1.82) is 0 Å². The van der Waals surface area contributed by atoms with Gasteiger partial charge < -0.3 is 11.1 Å². The van der Waals surface area contributed by atoms with Gasteiger partial charge in [-0.05, 0) is 43.9 Å². The van der Waals surface area contributed by atoms with E-state index in [4.69, 9.17) is 5.73 Å². The molecule has 0 radical (unpaired) electrons. The number of alkyl halides is 2. The second kappa shape index (κ2) is 6.57. The Morgan fingerprint density at radius 2 is 1.83 bits per heavy atom. The molecule has 0 spiro atoms. The lowest BCUT2D eigenvalue weighted by Crippen LogP contribution is -2.17.